The lowest BCUT2D eigenvalue weighted by atomic mass is 10.1. The molecule has 1 unspecified atom stereocenters. The third-order valence-electron chi connectivity index (χ3n) is 2.03. The first kappa shape index (κ1) is 20.3. The molecular formula is C12H21Cl2N3O2. The summed E-state index contributed by atoms with van der Waals surface area (Å²) in [7, 11) is 0. The van der Waals surface area contributed by atoms with Gasteiger partial charge in [-0.05, 0) is 32.9 Å². The van der Waals surface area contributed by atoms with E-state index in [-0.39, 0.29) is 30.7 Å². The van der Waals surface area contributed by atoms with Crippen molar-refractivity contribution in [2.75, 3.05) is 6.54 Å². The van der Waals surface area contributed by atoms with Crippen molar-refractivity contribution in [1.29, 1.82) is 0 Å². The molecule has 1 atom stereocenters. The quantitative estimate of drug-likeness (QED) is 0.865. The molecule has 0 aromatic carbocycles. The Morgan fingerprint density at radius 3 is 2.63 bits per heavy atom. The molecule has 3 N–H and O–H groups in total. The maximum absolute atomic E-state index is 11.7. The monoisotopic (exact) mass is 309 g/mol. The van der Waals surface area contributed by atoms with Gasteiger partial charge in [-0.2, -0.15) is 0 Å². The van der Waals surface area contributed by atoms with E-state index in [1.165, 1.54) is 0 Å². The summed E-state index contributed by atoms with van der Waals surface area (Å²) < 4.78 is 5.43. The average Bonchev–Trinajstić information content (AvgIpc) is 2.26. The highest BCUT2D eigenvalue weighted by atomic mass is 35.5. The molecule has 0 saturated heterocycles. The third kappa shape index (κ3) is 8.64. The Labute approximate surface area is 126 Å². The van der Waals surface area contributed by atoms with E-state index in [0.29, 0.717) is 12.3 Å². The van der Waals surface area contributed by atoms with Gasteiger partial charge in [0.05, 0.1) is 6.20 Å². The zero-order valence-corrected chi connectivity index (χ0v) is 12.9. The van der Waals surface area contributed by atoms with Crippen LogP contribution in [0.1, 0.15) is 20.8 Å². The highest BCUT2D eigenvalue weighted by Gasteiger charge is 2.17. The van der Waals surface area contributed by atoms with Crippen molar-refractivity contribution in [3.05, 3.63) is 24.5 Å². The minimum absolute atomic E-state index is 0. The molecule has 0 bridgehead atoms. The first-order chi connectivity index (χ1) is 7.88. The number of pyridine rings is 1. The smallest absolute Gasteiger partial charge is 0.260 e. The average molecular weight is 310 g/mol. The number of nitrogens with one attached hydrogen (secondary N) is 1. The van der Waals surface area contributed by atoms with Crippen LogP contribution in [-0.4, -0.2) is 29.1 Å². The number of halogens is 2. The number of nitrogens with zero attached hydrogens (tertiary/aromatic N) is 1. The van der Waals surface area contributed by atoms with Crippen LogP contribution in [0.3, 0.4) is 0 Å². The second kappa shape index (κ2) is 8.96. The first-order valence-corrected chi connectivity index (χ1v) is 5.52. The van der Waals surface area contributed by atoms with Gasteiger partial charge in [0.2, 0.25) is 0 Å². The maximum atomic E-state index is 11.7. The van der Waals surface area contributed by atoms with E-state index >= 15 is 0 Å². The van der Waals surface area contributed by atoms with Crippen molar-refractivity contribution >= 4 is 30.7 Å². The Morgan fingerprint density at radius 2 is 2.16 bits per heavy atom. The number of aromatic nitrogens is 1. The van der Waals surface area contributed by atoms with Gasteiger partial charge in [0.15, 0.2) is 6.10 Å². The van der Waals surface area contributed by atoms with Crippen LogP contribution in [0.25, 0.3) is 0 Å². The predicted octanol–water partition coefficient (Wildman–Crippen LogP) is 1.55. The lowest BCUT2D eigenvalue weighted by Gasteiger charge is -2.21. The minimum Gasteiger partial charge on any atom is -0.479 e. The van der Waals surface area contributed by atoms with Crippen LogP contribution in [0.15, 0.2) is 24.5 Å². The van der Waals surface area contributed by atoms with E-state index < -0.39 is 11.6 Å². The second-order valence-corrected chi connectivity index (χ2v) is 4.66. The van der Waals surface area contributed by atoms with Gasteiger partial charge in [0.1, 0.15) is 5.75 Å². The van der Waals surface area contributed by atoms with Gasteiger partial charge in [0.25, 0.3) is 5.91 Å². The van der Waals surface area contributed by atoms with E-state index in [1.54, 1.807) is 31.5 Å². The van der Waals surface area contributed by atoms with Crippen LogP contribution in [0.4, 0.5) is 0 Å². The number of carbonyl (C=O) groups excluding carboxylic acids is 1. The number of rotatable bonds is 5. The van der Waals surface area contributed by atoms with Crippen molar-refractivity contribution in [2.24, 2.45) is 5.73 Å². The van der Waals surface area contributed by atoms with E-state index in [0.717, 1.165) is 0 Å². The molecule has 0 spiro atoms. The number of nitrogens with two attached hydrogens (primary N) is 1. The molecule has 1 aromatic rings. The summed E-state index contributed by atoms with van der Waals surface area (Å²) in [4.78, 5) is 15.6. The SMILES string of the molecule is CC(Oc1cccnc1)C(=O)NCC(C)(C)N.Cl.Cl. The number of carbonyl (C=O) groups is 1. The summed E-state index contributed by atoms with van der Waals surface area (Å²) in [5.41, 5.74) is 5.34. The maximum Gasteiger partial charge on any atom is 0.260 e. The zero-order valence-electron chi connectivity index (χ0n) is 11.3. The van der Waals surface area contributed by atoms with Gasteiger partial charge >= 0.3 is 0 Å². The van der Waals surface area contributed by atoms with Crippen molar-refractivity contribution in [2.45, 2.75) is 32.4 Å². The fourth-order valence-electron chi connectivity index (χ4n) is 1.13. The lowest BCUT2D eigenvalue weighted by molar-refractivity contribution is -0.127. The Hall–Kier alpha value is -1.04. The largest absolute Gasteiger partial charge is 0.479 e. The van der Waals surface area contributed by atoms with Crippen LogP contribution < -0.4 is 15.8 Å². The van der Waals surface area contributed by atoms with Crippen LogP contribution in [0.5, 0.6) is 5.75 Å². The Balaban J connectivity index is 0. The standard InChI is InChI=1S/C12H19N3O2.2ClH/c1-9(11(16)15-8-12(2,3)13)17-10-5-4-6-14-7-10;;/h4-7,9H,8,13H2,1-3H3,(H,15,16);2*1H. The normalized spacial score (nSPS) is 11.6. The summed E-state index contributed by atoms with van der Waals surface area (Å²) in [6.07, 6.45) is 2.65. The highest BCUT2D eigenvalue weighted by Crippen LogP contribution is 2.08. The molecule has 0 aliphatic rings. The second-order valence-electron chi connectivity index (χ2n) is 4.66. The van der Waals surface area contributed by atoms with E-state index in [4.69, 9.17) is 10.5 Å². The molecule has 1 amide bonds. The molecule has 5 nitrogen and oxygen atoms in total. The first-order valence-electron chi connectivity index (χ1n) is 5.52. The van der Waals surface area contributed by atoms with Crippen LogP contribution in [0.2, 0.25) is 0 Å². The predicted molar refractivity (Wildman–Crippen MR) is 80.1 cm³/mol. The number of hydrogen-bond acceptors (Lipinski definition) is 4. The molecule has 0 saturated carbocycles. The fraction of sp³-hybridized carbons (Fsp3) is 0.500. The number of ether oxygens (including phenoxy) is 1. The fourth-order valence-corrected chi connectivity index (χ4v) is 1.13. The molecule has 19 heavy (non-hydrogen) atoms. The lowest BCUT2D eigenvalue weighted by Crippen LogP contribution is -2.48. The van der Waals surface area contributed by atoms with Crippen molar-refractivity contribution in [3.8, 4) is 5.75 Å². The zero-order chi connectivity index (χ0) is 12.9. The minimum atomic E-state index is -0.568. The van der Waals surface area contributed by atoms with Crippen molar-refractivity contribution in [3.63, 3.8) is 0 Å². The summed E-state index contributed by atoms with van der Waals surface area (Å²) in [6, 6.07) is 3.51. The van der Waals surface area contributed by atoms with Gasteiger partial charge in [-0.25, -0.2) is 0 Å². The summed E-state index contributed by atoms with van der Waals surface area (Å²) >= 11 is 0. The Morgan fingerprint density at radius 1 is 1.53 bits per heavy atom. The van der Waals surface area contributed by atoms with Gasteiger partial charge in [-0.3, -0.25) is 9.78 Å². The molecular weight excluding hydrogens is 289 g/mol. The van der Waals surface area contributed by atoms with E-state index in [2.05, 4.69) is 10.3 Å². The Bertz CT molecular complexity index is 369. The molecule has 1 heterocycles. The number of hydrogen-bond donors (Lipinski definition) is 2. The summed E-state index contributed by atoms with van der Waals surface area (Å²) in [5.74, 6) is 0.384. The highest BCUT2D eigenvalue weighted by molar-refractivity contribution is 5.85. The topological polar surface area (TPSA) is 77.2 Å². The van der Waals surface area contributed by atoms with Crippen LogP contribution >= 0.6 is 24.8 Å². The molecule has 1 rings (SSSR count). The third-order valence-corrected chi connectivity index (χ3v) is 2.03. The van der Waals surface area contributed by atoms with E-state index in [1.807, 2.05) is 13.8 Å². The van der Waals surface area contributed by atoms with Crippen molar-refractivity contribution < 1.29 is 9.53 Å². The van der Waals surface area contributed by atoms with Gasteiger partial charge < -0.3 is 15.8 Å². The molecule has 0 aliphatic heterocycles. The van der Waals surface area contributed by atoms with Crippen LogP contribution in [-0.2, 0) is 4.79 Å². The Kier molecular flexibility index (Phi) is 9.56. The van der Waals surface area contributed by atoms with Gasteiger partial charge in [-0.1, -0.05) is 0 Å². The molecule has 0 radical (unpaired) electrons. The van der Waals surface area contributed by atoms with Gasteiger partial charge in [-0.15, -0.1) is 24.8 Å². The van der Waals surface area contributed by atoms with E-state index in [9.17, 15) is 4.79 Å². The van der Waals surface area contributed by atoms with Gasteiger partial charge in [0, 0.05) is 18.3 Å². The molecule has 0 aliphatic carbocycles. The molecule has 110 valence electrons. The van der Waals surface area contributed by atoms with Crippen molar-refractivity contribution in [1.82, 2.24) is 10.3 Å². The number of amides is 1. The molecule has 1 aromatic heterocycles. The molecule has 0 fully saturated rings. The summed E-state index contributed by atoms with van der Waals surface area (Å²) in [6.45, 7) is 5.79. The van der Waals surface area contributed by atoms with Crippen LogP contribution in [0, 0.1) is 0 Å². The molecule has 7 heteroatoms. The summed E-state index contributed by atoms with van der Waals surface area (Å²) in [5, 5.41) is 2.73.